The Balaban J connectivity index is 1.10. The lowest BCUT2D eigenvalue weighted by molar-refractivity contribution is -0.121. The van der Waals surface area contributed by atoms with Crippen molar-refractivity contribution in [3.63, 3.8) is 0 Å². The first-order chi connectivity index (χ1) is 23.8. The van der Waals surface area contributed by atoms with Crippen LogP contribution in [0.5, 0.6) is 11.8 Å². The Morgan fingerprint density at radius 2 is 1.43 bits per heavy atom. The van der Waals surface area contributed by atoms with Gasteiger partial charge in [0.05, 0.1) is 35.7 Å². The Hall–Kier alpha value is -4.22. The first-order valence-corrected chi connectivity index (χ1v) is 17.2. The Morgan fingerprint density at radius 3 is 1.98 bits per heavy atom. The Morgan fingerprint density at radius 1 is 0.837 bits per heavy atom. The number of pyridine rings is 2. The number of carbonyl (C=O) groups is 2. The summed E-state index contributed by atoms with van der Waals surface area (Å²) in [6.07, 6.45) is 2.00. The summed E-state index contributed by atoms with van der Waals surface area (Å²) >= 11 is 14.2. The van der Waals surface area contributed by atoms with Gasteiger partial charge in [0.15, 0.2) is 0 Å². The molecule has 0 saturated carbocycles. The van der Waals surface area contributed by atoms with Crippen molar-refractivity contribution in [1.29, 1.82) is 0 Å². The Bertz CT molecular complexity index is 1910. The molecule has 2 aromatic carbocycles. The summed E-state index contributed by atoms with van der Waals surface area (Å²) in [6.45, 7) is 4.42. The molecule has 0 radical (unpaired) electrons. The zero-order chi connectivity index (χ0) is 34.1. The minimum Gasteiger partial charge on any atom is -0.481 e. The average Bonchev–Trinajstić information content (AvgIpc) is 3.70. The van der Waals surface area contributed by atoms with E-state index in [2.05, 4.69) is 20.9 Å². The van der Waals surface area contributed by atoms with Crippen molar-refractivity contribution in [3.8, 4) is 45.4 Å². The predicted octanol–water partition coefficient (Wildman–Crippen LogP) is 5.49. The van der Waals surface area contributed by atoms with E-state index in [1.165, 1.54) is 0 Å². The van der Waals surface area contributed by atoms with Gasteiger partial charge in [-0.3, -0.25) is 14.5 Å². The van der Waals surface area contributed by atoms with Crippen molar-refractivity contribution in [2.75, 3.05) is 40.4 Å². The number of hydrogen-bond acceptors (Lipinski definition) is 8. The van der Waals surface area contributed by atoms with E-state index in [-0.39, 0.29) is 23.3 Å². The zero-order valence-electron chi connectivity index (χ0n) is 27.4. The van der Waals surface area contributed by atoms with Gasteiger partial charge in [-0.25, -0.2) is 9.97 Å². The molecule has 0 unspecified atom stereocenters. The quantitative estimate of drug-likeness (QED) is 0.188. The van der Waals surface area contributed by atoms with Crippen LogP contribution in [-0.4, -0.2) is 73.1 Å². The van der Waals surface area contributed by atoms with Crippen molar-refractivity contribution in [1.82, 2.24) is 30.8 Å². The van der Waals surface area contributed by atoms with E-state index >= 15 is 0 Å². The van der Waals surface area contributed by atoms with Crippen LogP contribution in [0.1, 0.15) is 30.4 Å². The van der Waals surface area contributed by atoms with Gasteiger partial charge in [0.2, 0.25) is 23.6 Å². The minimum absolute atomic E-state index is 0.0595. The second kappa shape index (κ2) is 14.0. The van der Waals surface area contributed by atoms with Crippen LogP contribution < -0.4 is 25.4 Å². The van der Waals surface area contributed by atoms with Crippen LogP contribution >= 0.6 is 23.2 Å². The van der Waals surface area contributed by atoms with Crippen molar-refractivity contribution in [3.05, 3.63) is 81.8 Å². The molecule has 2 aromatic heterocycles. The fraction of sp³-hybridized carbons (Fsp3) is 0.351. The van der Waals surface area contributed by atoms with Crippen LogP contribution in [0, 0.1) is 5.41 Å². The lowest BCUT2D eigenvalue weighted by Gasteiger charge is -2.47. The first kappa shape index (κ1) is 33.3. The van der Waals surface area contributed by atoms with Gasteiger partial charge < -0.3 is 25.4 Å². The maximum atomic E-state index is 11.7. The van der Waals surface area contributed by atoms with E-state index in [1.807, 2.05) is 60.7 Å². The fourth-order valence-corrected chi connectivity index (χ4v) is 7.81. The van der Waals surface area contributed by atoms with Crippen molar-refractivity contribution in [2.24, 2.45) is 5.41 Å². The molecule has 1 spiro atoms. The van der Waals surface area contributed by atoms with E-state index in [4.69, 9.17) is 42.6 Å². The highest BCUT2D eigenvalue weighted by atomic mass is 35.5. The number of hydrogen-bond donors (Lipinski definition) is 3. The Kier molecular flexibility index (Phi) is 9.48. The SMILES string of the molecule is COc1nc(-c2cccc(-c3cccc(-c4ccc(CN5CC6(CNC(=O)C6)C5)c(OC)n4)c3Cl)c2Cl)ccc1CNC[C@@H]1CCC(=O)N1. The predicted molar refractivity (Wildman–Crippen MR) is 190 cm³/mol. The largest absolute Gasteiger partial charge is 0.481 e. The van der Waals surface area contributed by atoms with Crippen LogP contribution in [0.25, 0.3) is 33.6 Å². The van der Waals surface area contributed by atoms with E-state index in [0.717, 1.165) is 59.4 Å². The highest BCUT2D eigenvalue weighted by molar-refractivity contribution is 6.39. The standard InChI is InChI=1S/C37H38Cl2N6O4/c1-48-35-22(16-40-17-24-11-14-31(46)42-24)9-12-29(43-35)27-7-3-5-25(33(27)38)26-6-4-8-28(34(26)39)30-13-10-23(36(44-30)49-2)18-45-20-37(21-45)15-32(47)41-19-37/h3-10,12-13,24,40H,11,14-21H2,1-2H3,(H,41,47)(H,42,46)/t24-/m0/s1. The van der Waals surface area contributed by atoms with E-state index in [9.17, 15) is 9.59 Å². The molecule has 0 aliphatic carbocycles. The molecular weight excluding hydrogens is 663 g/mol. The second-order valence-corrected chi connectivity index (χ2v) is 13.9. The van der Waals surface area contributed by atoms with Crippen LogP contribution in [0.2, 0.25) is 10.0 Å². The fourth-order valence-electron chi connectivity index (χ4n) is 7.16. The summed E-state index contributed by atoms with van der Waals surface area (Å²) < 4.78 is 11.4. The number of halogens is 2. The van der Waals surface area contributed by atoms with Crippen molar-refractivity contribution >= 4 is 35.0 Å². The maximum Gasteiger partial charge on any atom is 0.220 e. The topological polar surface area (TPSA) is 118 Å². The summed E-state index contributed by atoms with van der Waals surface area (Å²) in [6, 6.07) is 19.7. The molecule has 10 nitrogen and oxygen atoms in total. The molecule has 3 N–H and O–H groups in total. The van der Waals surface area contributed by atoms with Gasteiger partial charge in [-0.15, -0.1) is 0 Å². The number of nitrogens with one attached hydrogen (secondary N) is 3. The third-order valence-corrected chi connectivity index (χ3v) is 10.4. The molecule has 49 heavy (non-hydrogen) atoms. The molecule has 12 heteroatoms. The van der Waals surface area contributed by atoms with Gasteiger partial charge in [-0.1, -0.05) is 71.7 Å². The summed E-state index contributed by atoms with van der Waals surface area (Å²) in [4.78, 5) is 35.2. The van der Waals surface area contributed by atoms with Crippen molar-refractivity contribution < 1.29 is 19.1 Å². The van der Waals surface area contributed by atoms with Crippen molar-refractivity contribution in [2.45, 2.75) is 38.4 Å². The molecule has 254 valence electrons. The molecule has 4 aromatic rings. The molecule has 3 fully saturated rings. The number of carbonyl (C=O) groups excluding carboxylic acids is 2. The summed E-state index contributed by atoms with van der Waals surface area (Å²) in [5.41, 5.74) is 6.37. The molecular formula is C37H38Cl2N6O4. The van der Waals surface area contributed by atoms with Crippen LogP contribution in [-0.2, 0) is 22.7 Å². The lowest BCUT2D eigenvalue weighted by Crippen LogP contribution is -2.56. The summed E-state index contributed by atoms with van der Waals surface area (Å²) in [5.74, 6) is 1.29. The molecule has 0 bridgehead atoms. The average molecular weight is 702 g/mol. The van der Waals surface area contributed by atoms with Gasteiger partial charge in [0, 0.05) is 96.9 Å². The molecule has 3 aliphatic heterocycles. The molecule has 1 atom stereocenters. The van der Waals surface area contributed by atoms with E-state index in [0.29, 0.717) is 65.7 Å². The van der Waals surface area contributed by atoms with Gasteiger partial charge >= 0.3 is 0 Å². The molecule has 7 rings (SSSR count). The number of nitrogens with zero attached hydrogens (tertiary/aromatic N) is 3. The number of amides is 2. The van der Waals surface area contributed by atoms with Crippen LogP contribution in [0.15, 0.2) is 60.7 Å². The molecule has 2 amide bonds. The number of methoxy groups -OCH3 is 2. The summed E-state index contributed by atoms with van der Waals surface area (Å²) in [7, 11) is 3.22. The molecule has 3 aliphatic rings. The van der Waals surface area contributed by atoms with E-state index < -0.39 is 0 Å². The maximum absolute atomic E-state index is 11.7. The normalized spacial score (nSPS) is 18.3. The van der Waals surface area contributed by atoms with Crippen LogP contribution in [0.4, 0.5) is 0 Å². The molecule has 5 heterocycles. The third-order valence-electron chi connectivity index (χ3n) is 9.60. The zero-order valence-corrected chi connectivity index (χ0v) is 29.0. The number of likely N-dealkylation sites (tertiary alicyclic amines) is 1. The third kappa shape index (κ3) is 6.83. The highest BCUT2D eigenvalue weighted by Crippen LogP contribution is 2.43. The molecule has 3 saturated heterocycles. The van der Waals surface area contributed by atoms with Gasteiger partial charge in [-0.05, 0) is 18.6 Å². The van der Waals surface area contributed by atoms with Gasteiger partial charge in [-0.2, -0.15) is 0 Å². The smallest absolute Gasteiger partial charge is 0.220 e. The lowest BCUT2D eigenvalue weighted by atomic mass is 9.79. The first-order valence-electron chi connectivity index (χ1n) is 16.4. The highest BCUT2D eigenvalue weighted by Gasteiger charge is 2.48. The number of aromatic nitrogens is 2. The van der Waals surface area contributed by atoms with E-state index in [1.54, 1.807) is 14.2 Å². The van der Waals surface area contributed by atoms with Gasteiger partial charge in [0.1, 0.15) is 0 Å². The number of ether oxygens (including phenoxy) is 2. The minimum atomic E-state index is 0.0595. The number of rotatable bonds is 11. The monoisotopic (exact) mass is 700 g/mol. The summed E-state index contributed by atoms with van der Waals surface area (Å²) in [5, 5.41) is 10.4. The Labute approximate surface area is 295 Å². The van der Waals surface area contributed by atoms with Crippen LogP contribution in [0.3, 0.4) is 0 Å². The van der Waals surface area contributed by atoms with Gasteiger partial charge in [0.25, 0.3) is 0 Å². The number of benzene rings is 2. The second-order valence-electron chi connectivity index (χ2n) is 13.1.